The lowest BCUT2D eigenvalue weighted by Crippen LogP contribution is -2.42. The second-order valence-electron chi connectivity index (χ2n) is 4.34. The number of amides is 1. The molecule has 0 radical (unpaired) electrons. The van der Waals surface area contributed by atoms with Gasteiger partial charge in [-0.3, -0.25) is 4.79 Å². The first-order chi connectivity index (χ1) is 8.29. The number of rotatable bonds is 8. The van der Waals surface area contributed by atoms with E-state index in [1.54, 1.807) is 7.11 Å². The summed E-state index contributed by atoms with van der Waals surface area (Å²) in [6, 6.07) is 0.417. The van der Waals surface area contributed by atoms with Crippen LogP contribution >= 0.6 is 11.8 Å². The van der Waals surface area contributed by atoms with Crippen LogP contribution in [-0.4, -0.2) is 55.2 Å². The summed E-state index contributed by atoms with van der Waals surface area (Å²) in [5, 5.41) is 0. The van der Waals surface area contributed by atoms with Crippen LogP contribution in [0.25, 0.3) is 0 Å². The van der Waals surface area contributed by atoms with E-state index in [2.05, 4.69) is 0 Å². The molecule has 1 amide bonds. The zero-order valence-corrected chi connectivity index (χ0v) is 11.5. The predicted molar refractivity (Wildman–Crippen MR) is 72.2 cm³/mol. The van der Waals surface area contributed by atoms with E-state index < -0.39 is 0 Å². The molecule has 1 unspecified atom stereocenters. The van der Waals surface area contributed by atoms with Crippen molar-refractivity contribution in [1.29, 1.82) is 0 Å². The Morgan fingerprint density at radius 1 is 1.53 bits per heavy atom. The lowest BCUT2D eigenvalue weighted by atomic mass is 10.1. The predicted octanol–water partition coefficient (Wildman–Crippen LogP) is 1.10. The molecule has 17 heavy (non-hydrogen) atoms. The molecule has 0 saturated carbocycles. The molecule has 1 saturated heterocycles. The monoisotopic (exact) mass is 260 g/mol. The molecule has 5 heteroatoms. The molecule has 1 aliphatic rings. The second kappa shape index (κ2) is 8.78. The highest BCUT2D eigenvalue weighted by atomic mass is 32.2. The molecule has 0 aromatic carbocycles. The summed E-state index contributed by atoms with van der Waals surface area (Å²) in [7, 11) is 1.68. The maximum atomic E-state index is 12.1. The molecule has 0 aliphatic carbocycles. The van der Waals surface area contributed by atoms with Crippen molar-refractivity contribution >= 4 is 17.7 Å². The van der Waals surface area contributed by atoms with Gasteiger partial charge in [0.2, 0.25) is 5.91 Å². The Balaban J connectivity index is 2.39. The van der Waals surface area contributed by atoms with Gasteiger partial charge in [0.05, 0.1) is 6.61 Å². The molecule has 1 fully saturated rings. The summed E-state index contributed by atoms with van der Waals surface area (Å²) in [4.78, 5) is 14.1. The Labute approximate surface area is 108 Å². The molecule has 0 aromatic rings. The molecule has 100 valence electrons. The SMILES string of the molecule is COCCN(C(=O)CCCCN)C1CCSC1. The average molecular weight is 260 g/mol. The Morgan fingerprint density at radius 3 is 2.94 bits per heavy atom. The van der Waals surface area contributed by atoms with Crippen molar-refractivity contribution in [2.75, 3.05) is 38.3 Å². The molecular formula is C12H24N2O2S. The first-order valence-corrected chi connectivity index (χ1v) is 7.51. The fraction of sp³-hybridized carbons (Fsp3) is 0.917. The fourth-order valence-corrected chi connectivity index (χ4v) is 3.26. The topological polar surface area (TPSA) is 55.6 Å². The van der Waals surface area contributed by atoms with Crippen molar-refractivity contribution in [3.05, 3.63) is 0 Å². The molecule has 0 spiro atoms. The van der Waals surface area contributed by atoms with Gasteiger partial charge in [-0.15, -0.1) is 0 Å². The molecule has 0 aromatic heterocycles. The van der Waals surface area contributed by atoms with Gasteiger partial charge in [-0.05, 0) is 31.6 Å². The van der Waals surface area contributed by atoms with Crippen molar-refractivity contribution in [2.45, 2.75) is 31.7 Å². The highest BCUT2D eigenvalue weighted by molar-refractivity contribution is 7.99. The van der Waals surface area contributed by atoms with E-state index in [1.807, 2.05) is 16.7 Å². The van der Waals surface area contributed by atoms with Gasteiger partial charge in [-0.1, -0.05) is 0 Å². The minimum absolute atomic E-state index is 0.267. The quantitative estimate of drug-likeness (QED) is 0.664. The van der Waals surface area contributed by atoms with E-state index in [1.165, 1.54) is 5.75 Å². The number of ether oxygens (including phenoxy) is 1. The van der Waals surface area contributed by atoms with E-state index in [4.69, 9.17) is 10.5 Å². The third-order valence-electron chi connectivity index (χ3n) is 3.05. The van der Waals surface area contributed by atoms with E-state index >= 15 is 0 Å². The molecule has 4 nitrogen and oxygen atoms in total. The number of unbranched alkanes of at least 4 members (excludes halogenated alkanes) is 1. The Hall–Kier alpha value is -0.260. The number of hydrogen-bond donors (Lipinski definition) is 1. The number of nitrogens with two attached hydrogens (primary N) is 1. The second-order valence-corrected chi connectivity index (χ2v) is 5.49. The van der Waals surface area contributed by atoms with Crippen molar-refractivity contribution in [1.82, 2.24) is 4.90 Å². The van der Waals surface area contributed by atoms with Crippen LogP contribution in [0.4, 0.5) is 0 Å². The summed E-state index contributed by atoms with van der Waals surface area (Å²) in [6.45, 7) is 2.03. The normalized spacial score (nSPS) is 19.5. The summed E-state index contributed by atoms with van der Waals surface area (Å²) >= 11 is 1.94. The minimum Gasteiger partial charge on any atom is -0.383 e. The molecule has 1 heterocycles. The lowest BCUT2D eigenvalue weighted by molar-refractivity contribution is -0.133. The van der Waals surface area contributed by atoms with Crippen LogP contribution in [-0.2, 0) is 9.53 Å². The smallest absolute Gasteiger partial charge is 0.222 e. The van der Waals surface area contributed by atoms with Gasteiger partial charge >= 0.3 is 0 Å². The van der Waals surface area contributed by atoms with Gasteiger partial charge in [0.1, 0.15) is 0 Å². The number of carbonyl (C=O) groups excluding carboxylic acids is 1. The number of methoxy groups -OCH3 is 1. The summed E-state index contributed by atoms with van der Waals surface area (Å²) in [5.41, 5.74) is 5.44. The Kier molecular flexibility index (Phi) is 7.64. The van der Waals surface area contributed by atoms with Crippen molar-refractivity contribution < 1.29 is 9.53 Å². The van der Waals surface area contributed by atoms with Crippen molar-refractivity contribution in [3.8, 4) is 0 Å². The van der Waals surface area contributed by atoms with Crippen LogP contribution in [0.15, 0.2) is 0 Å². The number of carbonyl (C=O) groups is 1. The number of nitrogens with zero attached hydrogens (tertiary/aromatic N) is 1. The summed E-state index contributed by atoms with van der Waals surface area (Å²) in [6.07, 6.45) is 3.58. The number of hydrogen-bond acceptors (Lipinski definition) is 4. The van der Waals surface area contributed by atoms with E-state index in [0.717, 1.165) is 31.6 Å². The minimum atomic E-state index is 0.267. The van der Waals surface area contributed by atoms with E-state index in [-0.39, 0.29) is 5.91 Å². The molecule has 1 atom stereocenters. The first-order valence-electron chi connectivity index (χ1n) is 6.35. The van der Waals surface area contributed by atoms with Gasteiger partial charge in [0.25, 0.3) is 0 Å². The maximum Gasteiger partial charge on any atom is 0.222 e. The third kappa shape index (κ3) is 5.27. The molecule has 1 rings (SSSR count). The number of thioether (sulfide) groups is 1. The van der Waals surface area contributed by atoms with Gasteiger partial charge in [-0.25, -0.2) is 0 Å². The molecule has 0 bridgehead atoms. The van der Waals surface area contributed by atoms with Gasteiger partial charge in [0, 0.05) is 31.9 Å². The first kappa shape index (κ1) is 14.8. The van der Waals surface area contributed by atoms with Crippen LogP contribution in [0.3, 0.4) is 0 Å². The Bertz CT molecular complexity index is 221. The van der Waals surface area contributed by atoms with Gasteiger partial charge < -0.3 is 15.4 Å². The summed E-state index contributed by atoms with van der Waals surface area (Å²) < 4.78 is 5.09. The summed E-state index contributed by atoms with van der Waals surface area (Å²) in [5.74, 6) is 2.51. The van der Waals surface area contributed by atoms with Gasteiger partial charge in [0.15, 0.2) is 0 Å². The van der Waals surface area contributed by atoms with Crippen LogP contribution < -0.4 is 5.73 Å². The van der Waals surface area contributed by atoms with E-state index in [0.29, 0.717) is 25.6 Å². The molecule has 1 aliphatic heterocycles. The molecular weight excluding hydrogens is 236 g/mol. The largest absolute Gasteiger partial charge is 0.383 e. The zero-order valence-electron chi connectivity index (χ0n) is 10.7. The van der Waals surface area contributed by atoms with Crippen molar-refractivity contribution in [3.63, 3.8) is 0 Å². The van der Waals surface area contributed by atoms with Crippen LogP contribution in [0.2, 0.25) is 0 Å². The fourth-order valence-electron chi connectivity index (χ4n) is 2.03. The average Bonchev–Trinajstić information content (AvgIpc) is 2.83. The van der Waals surface area contributed by atoms with Crippen LogP contribution in [0.1, 0.15) is 25.7 Å². The standard InChI is InChI=1S/C12H24N2O2S/c1-16-8-7-14(11-5-9-17-10-11)12(15)4-2-3-6-13/h11H,2-10,13H2,1H3. The third-order valence-corrected chi connectivity index (χ3v) is 4.19. The van der Waals surface area contributed by atoms with Gasteiger partial charge in [-0.2, -0.15) is 11.8 Å². The zero-order chi connectivity index (χ0) is 12.5. The molecule has 2 N–H and O–H groups in total. The maximum absolute atomic E-state index is 12.1. The highest BCUT2D eigenvalue weighted by Crippen LogP contribution is 2.23. The van der Waals surface area contributed by atoms with Crippen LogP contribution in [0, 0.1) is 0 Å². The highest BCUT2D eigenvalue weighted by Gasteiger charge is 2.26. The van der Waals surface area contributed by atoms with E-state index in [9.17, 15) is 4.79 Å². The van der Waals surface area contributed by atoms with Crippen molar-refractivity contribution in [2.24, 2.45) is 5.73 Å². The van der Waals surface area contributed by atoms with Crippen LogP contribution in [0.5, 0.6) is 0 Å². The Morgan fingerprint density at radius 2 is 2.35 bits per heavy atom. The lowest BCUT2D eigenvalue weighted by Gasteiger charge is -2.28.